The van der Waals surface area contributed by atoms with E-state index in [1.54, 1.807) is 18.6 Å². The smallest absolute Gasteiger partial charge is 0.0716 e. The van der Waals surface area contributed by atoms with E-state index in [-0.39, 0.29) is 0 Å². The fourth-order valence-corrected chi connectivity index (χ4v) is 0.382. The van der Waals surface area contributed by atoms with Gasteiger partial charge in [0, 0.05) is 6.21 Å². The van der Waals surface area contributed by atoms with E-state index in [4.69, 9.17) is 0 Å². The van der Waals surface area contributed by atoms with E-state index in [1.165, 1.54) is 4.79 Å². The number of hydrogen-bond acceptors (Lipinski definition) is 3. The summed E-state index contributed by atoms with van der Waals surface area (Å²) in [7, 11) is 0. The van der Waals surface area contributed by atoms with Crippen LogP contribution in [0.2, 0.25) is 0 Å². The zero-order valence-corrected chi connectivity index (χ0v) is 4.52. The van der Waals surface area contributed by atoms with E-state index in [2.05, 4.69) is 15.4 Å². The Bertz CT molecular complexity index is 164. The molecule has 0 unspecified atom stereocenters. The van der Waals surface area contributed by atoms with Crippen LogP contribution in [0.3, 0.4) is 0 Å². The van der Waals surface area contributed by atoms with Crippen LogP contribution in [0.5, 0.6) is 0 Å². The van der Waals surface area contributed by atoms with Crippen LogP contribution < -0.4 is 0 Å². The van der Waals surface area contributed by atoms with Gasteiger partial charge in [0.1, 0.15) is 0 Å². The molecule has 0 bridgehead atoms. The molecule has 0 spiro atoms. The highest BCUT2D eigenvalue weighted by Crippen LogP contribution is 1.74. The lowest BCUT2D eigenvalue weighted by molar-refractivity contribution is 0.696. The van der Waals surface area contributed by atoms with Gasteiger partial charge in [-0.3, -0.25) is 0 Å². The molecule has 0 aliphatic rings. The molecule has 1 aromatic rings. The van der Waals surface area contributed by atoms with Gasteiger partial charge >= 0.3 is 0 Å². The van der Waals surface area contributed by atoms with Crippen molar-refractivity contribution in [3.05, 3.63) is 12.4 Å². The van der Waals surface area contributed by atoms with E-state index in [1.807, 2.05) is 6.92 Å². The molecule has 0 atom stereocenters. The Morgan fingerprint density at radius 2 is 2.62 bits per heavy atom. The number of aromatic nitrogens is 3. The highest BCUT2D eigenvalue weighted by atomic mass is 15.6. The van der Waals surface area contributed by atoms with E-state index < -0.39 is 0 Å². The summed E-state index contributed by atoms with van der Waals surface area (Å²) in [6.45, 7) is 1.82. The summed E-state index contributed by atoms with van der Waals surface area (Å²) in [5.41, 5.74) is 0. The van der Waals surface area contributed by atoms with E-state index in [0.29, 0.717) is 0 Å². The Morgan fingerprint density at radius 1 is 1.75 bits per heavy atom. The summed E-state index contributed by atoms with van der Waals surface area (Å²) in [5.74, 6) is 0. The zero-order valence-electron chi connectivity index (χ0n) is 4.52. The predicted octanol–water partition coefficient (Wildman–Crippen LogP) is 0.132. The summed E-state index contributed by atoms with van der Waals surface area (Å²) in [6, 6.07) is 0. The molecule has 0 saturated heterocycles. The van der Waals surface area contributed by atoms with Crippen LogP contribution in [-0.4, -0.2) is 21.3 Å². The van der Waals surface area contributed by atoms with E-state index >= 15 is 0 Å². The Kier molecular flexibility index (Phi) is 1.37. The van der Waals surface area contributed by atoms with Gasteiger partial charge < -0.3 is 0 Å². The SMILES string of the molecule is CC=Nn1ccnn1. The second kappa shape index (κ2) is 2.20. The van der Waals surface area contributed by atoms with E-state index in [0.717, 1.165) is 0 Å². The zero-order chi connectivity index (χ0) is 5.82. The van der Waals surface area contributed by atoms with Crippen LogP contribution in [0.15, 0.2) is 17.5 Å². The molecule has 0 radical (unpaired) electrons. The van der Waals surface area contributed by atoms with Crippen molar-refractivity contribution in [1.29, 1.82) is 0 Å². The minimum absolute atomic E-state index is 1.39. The minimum atomic E-state index is 1.39. The third-order valence-corrected chi connectivity index (χ3v) is 0.644. The second-order valence-electron chi connectivity index (χ2n) is 1.20. The fraction of sp³-hybridized carbons (Fsp3) is 0.250. The number of nitrogens with zero attached hydrogens (tertiary/aromatic N) is 4. The van der Waals surface area contributed by atoms with Crippen molar-refractivity contribution in [2.45, 2.75) is 6.92 Å². The summed E-state index contributed by atoms with van der Waals surface area (Å²) in [4.78, 5) is 1.39. The molecule has 0 aliphatic heterocycles. The highest BCUT2D eigenvalue weighted by Gasteiger charge is 1.77. The third-order valence-electron chi connectivity index (χ3n) is 0.644. The molecule has 0 saturated carbocycles. The van der Waals surface area contributed by atoms with Crippen LogP contribution in [0.1, 0.15) is 6.92 Å². The lowest BCUT2D eigenvalue weighted by atomic mass is 10.9. The average molecular weight is 110 g/mol. The molecular weight excluding hydrogens is 104 g/mol. The second-order valence-corrected chi connectivity index (χ2v) is 1.20. The molecule has 0 fully saturated rings. The van der Waals surface area contributed by atoms with Gasteiger partial charge in [-0.1, -0.05) is 0 Å². The summed E-state index contributed by atoms with van der Waals surface area (Å²) < 4.78 is 0. The maximum absolute atomic E-state index is 3.78. The predicted molar refractivity (Wildman–Crippen MR) is 29.6 cm³/mol. The molecule has 0 aromatic carbocycles. The van der Waals surface area contributed by atoms with Gasteiger partial charge in [0.2, 0.25) is 0 Å². The van der Waals surface area contributed by atoms with Crippen LogP contribution in [0.25, 0.3) is 0 Å². The maximum atomic E-state index is 3.78. The van der Waals surface area contributed by atoms with Gasteiger partial charge in [-0.2, -0.15) is 5.10 Å². The molecule has 8 heavy (non-hydrogen) atoms. The van der Waals surface area contributed by atoms with Gasteiger partial charge in [0.05, 0.1) is 12.4 Å². The van der Waals surface area contributed by atoms with Gasteiger partial charge in [0.25, 0.3) is 0 Å². The monoisotopic (exact) mass is 110 g/mol. The number of hydrogen-bond donors (Lipinski definition) is 0. The van der Waals surface area contributed by atoms with Crippen LogP contribution >= 0.6 is 0 Å². The Morgan fingerprint density at radius 3 is 3.12 bits per heavy atom. The highest BCUT2D eigenvalue weighted by molar-refractivity contribution is 5.52. The summed E-state index contributed by atoms with van der Waals surface area (Å²) in [5, 5.41) is 10.9. The van der Waals surface area contributed by atoms with Crippen molar-refractivity contribution in [1.82, 2.24) is 15.1 Å². The fourth-order valence-electron chi connectivity index (χ4n) is 0.382. The molecule has 1 rings (SSSR count). The summed E-state index contributed by atoms with van der Waals surface area (Å²) >= 11 is 0. The molecule has 0 amide bonds. The first-order valence-corrected chi connectivity index (χ1v) is 2.29. The van der Waals surface area contributed by atoms with Gasteiger partial charge in [-0.25, -0.2) is 0 Å². The molecule has 42 valence electrons. The van der Waals surface area contributed by atoms with Gasteiger partial charge in [-0.05, 0) is 12.1 Å². The first-order valence-electron chi connectivity index (χ1n) is 2.29. The van der Waals surface area contributed by atoms with Crippen LogP contribution in [0, 0.1) is 0 Å². The normalized spacial score (nSPS) is 10.6. The lowest BCUT2D eigenvalue weighted by Gasteiger charge is -1.80. The first kappa shape index (κ1) is 4.96. The van der Waals surface area contributed by atoms with Crippen molar-refractivity contribution < 1.29 is 0 Å². The Balaban J connectivity index is 2.77. The molecule has 0 aliphatic carbocycles. The van der Waals surface area contributed by atoms with Gasteiger partial charge in [0.15, 0.2) is 0 Å². The minimum Gasteiger partial charge on any atom is -0.162 e. The maximum Gasteiger partial charge on any atom is 0.0716 e. The molecule has 4 nitrogen and oxygen atoms in total. The molecule has 1 aromatic heterocycles. The van der Waals surface area contributed by atoms with Crippen LogP contribution in [-0.2, 0) is 0 Å². The van der Waals surface area contributed by atoms with Crippen molar-refractivity contribution >= 4 is 6.21 Å². The molecule has 4 heteroatoms. The van der Waals surface area contributed by atoms with Crippen molar-refractivity contribution in [2.24, 2.45) is 5.10 Å². The van der Waals surface area contributed by atoms with Crippen molar-refractivity contribution in [3.63, 3.8) is 0 Å². The molecule has 0 N–H and O–H groups in total. The standard InChI is InChI=1S/C4H6N4/c1-2-6-8-4-3-5-7-8/h2-4H,1H3. The average Bonchev–Trinajstić information content (AvgIpc) is 2.19. The quantitative estimate of drug-likeness (QED) is 0.482. The largest absolute Gasteiger partial charge is 0.162 e. The molecular formula is C4H6N4. The topological polar surface area (TPSA) is 43.1 Å². The third kappa shape index (κ3) is 0.900. The molecule has 1 heterocycles. The first-order chi connectivity index (χ1) is 3.93. The van der Waals surface area contributed by atoms with E-state index in [9.17, 15) is 0 Å². The summed E-state index contributed by atoms with van der Waals surface area (Å²) in [6.07, 6.45) is 4.89. The van der Waals surface area contributed by atoms with Crippen LogP contribution in [0.4, 0.5) is 0 Å². The Labute approximate surface area is 46.8 Å². The lowest BCUT2D eigenvalue weighted by Crippen LogP contribution is -1.87. The van der Waals surface area contributed by atoms with Crippen molar-refractivity contribution in [3.8, 4) is 0 Å². The van der Waals surface area contributed by atoms with Crippen molar-refractivity contribution in [2.75, 3.05) is 0 Å². The number of rotatable bonds is 1. The van der Waals surface area contributed by atoms with Gasteiger partial charge in [-0.15, -0.1) is 9.89 Å². The Hall–Kier alpha value is -1.19.